The van der Waals surface area contributed by atoms with Crippen LogP contribution in [0.15, 0.2) is 28.2 Å². The van der Waals surface area contributed by atoms with Gasteiger partial charge in [-0.15, -0.1) is 0 Å². The first-order valence-corrected chi connectivity index (χ1v) is 4.99. The van der Waals surface area contributed by atoms with Gasteiger partial charge in [0.1, 0.15) is 12.9 Å². The number of rotatable bonds is 3. The highest BCUT2D eigenvalue weighted by Crippen LogP contribution is 1.92. The van der Waals surface area contributed by atoms with Crippen LogP contribution in [0.3, 0.4) is 0 Å². The molecule has 1 amide bonds. The molecule has 0 aliphatic heterocycles. The summed E-state index contributed by atoms with van der Waals surface area (Å²) >= 11 is 0. The molecule has 2 N–H and O–H groups in total. The first-order valence-electron chi connectivity index (χ1n) is 4.99. The normalized spacial score (nSPS) is 10.3. The predicted molar refractivity (Wildman–Crippen MR) is 61.0 cm³/mol. The molecule has 94 valence electrons. The molecule has 2 rings (SSSR count). The van der Waals surface area contributed by atoms with Crippen molar-refractivity contribution < 1.29 is 4.79 Å². The topological polar surface area (TPSA) is 115 Å². The van der Waals surface area contributed by atoms with Gasteiger partial charge in [-0.25, -0.2) is 9.89 Å². The van der Waals surface area contributed by atoms with E-state index in [2.05, 4.69) is 20.5 Å². The second-order valence-corrected chi connectivity index (χ2v) is 3.51. The van der Waals surface area contributed by atoms with Crippen LogP contribution in [0.2, 0.25) is 0 Å². The van der Waals surface area contributed by atoms with Crippen molar-refractivity contribution in [2.75, 3.05) is 5.32 Å². The molecule has 0 fully saturated rings. The van der Waals surface area contributed by atoms with Gasteiger partial charge in [0, 0.05) is 19.3 Å². The molecule has 0 atom stereocenters. The molecule has 0 unspecified atom stereocenters. The maximum Gasteiger partial charge on any atom is 0.331 e. The lowest BCUT2D eigenvalue weighted by Gasteiger charge is -2.06. The second-order valence-electron chi connectivity index (χ2n) is 3.51. The van der Waals surface area contributed by atoms with E-state index in [1.54, 1.807) is 0 Å². The molecular formula is C9H10N6O3. The first-order chi connectivity index (χ1) is 8.58. The molecule has 0 saturated carbocycles. The Labute approximate surface area is 100 Å². The van der Waals surface area contributed by atoms with Gasteiger partial charge in [0.05, 0.1) is 0 Å². The maximum atomic E-state index is 11.6. The van der Waals surface area contributed by atoms with Crippen LogP contribution in [0.1, 0.15) is 0 Å². The van der Waals surface area contributed by atoms with Gasteiger partial charge >= 0.3 is 5.69 Å². The van der Waals surface area contributed by atoms with Gasteiger partial charge in [0.2, 0.25) is 11.9 Å². The Kier molecular flexibility index (Phi) is 3.04. The van der Waals surface area contributed by atoms with Gasteiger partial charge in [-0.05, 0) is 0 Å². The molecule has 0 radical (unpaired) electrons. The monoisotopic (exact) mass is 250 g/mol. The van der Waals surface area contributed by atoms with Crippen molar-refractivity contribution in [3.8, 4) is 0 Å². The van der Waals surface area contributed by atoms with E-state index in [1.807, 2.05) is 0 Å². The number of nitrogens with zero attached hydrogens (tertiary/aromatic N) is 4. The minimum absolute atomic E-state index is 0.192. The van der Waals surface area contributed by atoms with Gasteiger partial charge in [0.15, 0.2) is 0 Å². The SMILES string of the molecule is Cn1c(=O)ccn(CC(=O)Nc2ncn[nH]2)c1=O. The van der Waals surface area contributed by atoms with Crippen LogP contribution in [-0.4, -0.2) is 30.2 Å². The van der Waals surface area contributed by atoms with E-state index >= 15 is 0 Å². The number of hydrogen-bond acceptors (Lipinski definition) is 5. The van der Waals surface area contributed by atoms with Gasteiger partial charge in [-0.3, -0.25) is 24.0 Å². The zero-order valence-corrected chi connectivity index (χ0v) is 9.45. The molecule has 9 heteroatoms. The molecule has 2 aromatic heterocycles. The van der Waals surface area contributed by atoms with E-state index in [9.17, 15) is 14.4 Å². The molecule has 2 aromatic rings. The van der Waals surface area contributed by atoms with E-state index in [-0.39, 0.29) is 12.5 Å². The van der Waals surface area contributed by atoms with Crippen molar-refractivity contribution in [2.24, 2.45) is 7.05 Å². The zero-order chi connectivity index (χ0) is 13.1. The highest BCUT2D eigenvalue weighted by atomic mass is 16.2. The van der Waals surface area contributed by atoms with Crippen LogP contribution in [0, 0.1) is 0 Å². The highest BCUT2D eigenvalue weighted by molar-refractivity contribution is 5.88. The summed E-state index contributed by atoms with van der Waals surface area (Å²) in [5, 5.41) is 8.43. The van der Waals surface area contributed by atoms with Crippen LogP contribution in [0.4, 0.5) is 5.95 Å². The Bertz CT molecular complexity index is 668. The summed E-state index contributed by atoms with van der Waals surface area (Å²) in [5.74, 6) is -0.259. The van der Waals surface area contributed by atoms with Crippen molar-refractivity contribution in [3.05, 3.63) is 39.4 Å². The van der Waals surface area contributed by atoms with Crippen LogP contribution in [-0.2, 0) is 18.4 Å². The lowest BCUT2D eigenvalue weighted by atomic mass is 10.5. The van der Waals surface area contributed by atoms with Crippen molar-refractivity contribution in [1.29, 1.82) is 0 Å². The summed E-state index contributed by atoms with van der Waals surface area (Å²) in [6.07, 6.45) is 2.51. The van der Waals surface area contributed by atoms with Gasteiger partial charge < -0.3 is 0 Å². The number of anilines is 1. The Hall–Kier alpha value is -2.71. The zero-order valence-electron chi connectivity index (χ0n) is 9.45. The van der Waals surface area contributed by atoms with Crippen LogP contribution >= 0.6 is 0 Å². The van der Waals surface area contributed by atoms with Crippen molar-refractivity contribution in [3.63, 3.8) is 0 Å². The number of H-pyrrole nitrogens is 1. The van der Waals surface area contributed by atoms with Crippen LogP contribution in [0.5, 0.6) is 0 Å². The summed E-state index contributed by atoms with van der Waals surface area (Å²) in [5.41, 5.74) is -0.984. The molecule has 9 nitrogen and oxygen atoms in total. The summed E-state index contributed by atoms with van der Waals surface area (Å²) in [7, 11) is 1.34. The summed E-state index contributed by atoms with van der Waals surface area (Å²) in [6.45, 7) is -0.215. The lowest BCUT2D eigenvalue weighted by Crippen LogP contribution is -2.39. The molecule has 2 heterocycles. The molecule has 0 spiro atoms. The lowest BCUT2D eigenvalue weighted by molar-refractivity contribution is -0.116. The Morgan fingerprint density at radius 2 is 2.28 bits per heavy atom. The Morgan fingerprint density at radius 3 is 2.94 bits per heavy atom. The van der Waals surface area contributed by atoms with Crippen molar-refractivity contribution in [1.82, 2.24) is 24.3 Å². The number of aromatic amines is 1. The highest BCUT2D eigenvalue weighted by Gasteiger charge is 2.08. The molecule has 0 saturated heterocycles. The second kappa shape index (κ2) is 4.65. The molecule has 18 heavy (non-hydrogen) atoms. The Morgan fingerprint density at radius 1 is 1.50 bits per heavy atom. The van der Waals surface area contributed by atoms with Gasteiger partial charge in [0.25, 0.3) is 5.56 Å². The standard InChI is InChI=1S/C9H10N6O3/c1-14-7(17)2-3-15(9(14)18)4-6(16)12-8-10-5-11-13-8/h2-3,5H,4H2,1H3,(H2,10,11,12,13,16). The maximum absolute atomic E-state index is 11.6. The average molecular weight is 250 g/mol. The van der Waals surface area contributed by atoms with Gasteiger partial charge in [-0.2, -0.15) is 10.1 Å². The van der Waals surface area contributed by atoms with Gasteiger partial charge in [-0.1, -0.05) is 0 Å². The smallest absolute Gasteiger partial charge is 0.293 e. The fraction of sp³-hybridized carbons (Fsp3) is 0.222. The molecule has 0 aromatic carbocycles. The molecular weight excluding hydrogens is 240 g/mol. The van der Waals surface area contributed by atoms with E-state index in [0.717, 1.165) is 9.13 Å². The number of carbonyl (C=O) groups is 1. The first kappa shape index (κ1) is 11.8. The third-order valence-corrected chi connectivity index (χ3v) is 2.25. The number of carbonyl (C=O) groups excluding carboxylic acids is 1. The summed E-state index contributed by atoms with van der Waals surface area (Å²) in [4.78, 5) is 38.1. The molecule has 0 aliphatic rings. The van der Waals surface area contributed by atoms with Crippen LogP contribution in [0.25, 0.3) is 0 Å². The molecule has 0 aliphatic carbocycles. The van der Waals surface area contributed by atoms with E-state index in [0.29, 0.717) is 0 Å². The van der Waals surface area contributed by atoms with E-state index in [1.165, 1.54) is 25.6 Å². The fourth-order valence-electron chi connectivity index (χ4n) is 1.33. The summed E-state index contributed by atoms with van der Waals surface area (Å²) in [6, 6.07) is 1.21. The largest absolute Gasteiger partial charge is 0.331 e. The van der Waals surface area contributed by atoms with Crippen LogP contribution < -0.4 is 16.6 Å². The van der Waals surface area contributed by atoms with Crippen molar-refractivity contribution in [2.45, 2.75) is 6.54 Å². The Balaban J connectivity index is 2.15. The van der Waals surface area contributed by atoms with E-state index in [4.69, 9.17) is 0 Å². The fourth-order valence-corrected chi connectivity index (χ4v) is 1.33. The number of aromatic nitrogens is 5. The minimum atomic E-state index is -0.560. The third-order valence-electron chi connectivity index (χ3n) is 2.25. The molecule has 0 bridgehead atoms. The minimum Gasteiger partial charge on any atom is -0.293 e. The average Bonchev–Trinajstić information content (AvgIpc) is 2.83. The van der Waals surface area contributed by atoms with Crippen molar-refractivity contribution >= 4 is 11.9 Å². The number of amides is 1. The quantitative estimate of drug-likeness (QED) is 0.674. The van der Waals surface area contributed by atoms with E-state index < -0.39 is 17.2 Å². The third kappa shape index (κ3) is 2.34. The number of nitrogens with one attached hydrogen (secondary N) is 2. The number of hydrogen-bond donors (Lipinski definition) is 2. The predicted octanol–water partition coefficient (Wildman–Crippen LogP) is -1.70. The summed E-state index contributed by atoms with van der Waals surface area (Å²) < 4.78 is 2.04.